The summed E-state index contributed by atoms with van der Waals surface area (Å²) < 4.78 is 15.5. The molecule has 2 rings (SSSR count). The molecule has 1 aromatic heterocycles. The highest BCUT2D eigenvalue weighted by Crippen LogP contribution is 2.33. The highest BCUT2D eigenvalue weighted by Gasteiger charge is 2.20. The van der Waals surface area contributed by atoms with Gasteiger partial charge in [-0.15, -0.1) is 0 Å². The number of nitrogens with one attached hydrogen (secondary N) is 3. The molecule has 28 heavy (non-hydrogen) atoms. The van der Waals surface area contributed by atoms with E-state index in [2.05, 4.69) is 16.0 Å². The Bertz CT molecular complexity index is 846. The van der Waals surface area contributed by atoms with E-state index in [-0.39, 0.29) is 35.5 Å². The molecule has 9 nitrogen and oxygen atoms in total. The Kier molecular flexibility index (Phi) is 7.02. The Balaban J connectivity index is 2.27. The van der Waals surface area contributed by atoms with E-state index in [1.807, 2.05) is 13.8 Å². The Morgan fingerprint density at radius 1 is 1.07 bits per heavy atom. The lowest BCUT2D eigenvalue weighted by Crippen LogP contribution is -2.40. The van der Waals surface area contributed by atoms with Gasteiger partial charge in [0.25, 0.3) is 11.8 Å². The molecule has 0 atom stereocenters. The molecule has 0 aliphatic heterocycles. The van der Waals surface area contributed by atoms with Gasteiger partial charge in [-0.2, -0.15) is 0 Å². The molecule has 0 aliphatic rings. The van der Waals surface area contributed by atoms with Crippen LogP contribution in [0.25, 0.3) is 0 Å². The van der Waals surface area contributed by atoms with Crippen LogP contribution in [0.15, 0.2) is 34.9 Å². The predicted molar refractivity (Wildman–Crippen MR) is 102 cm³/mol. The van der Waals surface area contributed by atoms with Crippen molar-refractivity contribution >= 4 is 23.4 Å². The van der Waals surface area contributed by atoms with Gasteiger partial charge in [-0.1, -0.05) is 0 Å². The van der Waals surface area contributed by atoms with Crippen LogP contribution in [-0.2, 0) is 4.79 Å². The first-order chi connectivity index (χ1) is 13.3. The maximum absolute atomic E-state index is 12.6. The van der Waals surface area contributed by atoms with E-state index in [1.165, 1.54) is 38.7 Å². The number of furan rings is 1. The van der Waals surface area contributed by atoms with Crippen molar-refractivity contribution in [1.82, 2.24) is 10.6 Å². The van der Waals surface area contributed by atoms with Crippen LogP contribution < -0.4 is 25.4 Å². The number of methoxy groups -OCH3 is 2. The minimum Gasteiger partial charge on any atom is -0.493 e. The average molecular weight is 389 g/mol. The number of carbonyl (C=O) groups excluding carboxylic acids is 3. The summed E-state index contributed by atoms with van der Waals surface area (Å²) >= 11 is 0. The molecule has 0 saturated heterocycles. The van der Waals surface area contributed by atoms with Crippen LogP contribution in [0.4, 0.5) is 5.69 Å². The highest BCUT2D eigenvalue weighted by atomic mass is 16.5. The van der Waals surface area contributed by atoms with Crippen molar-refractivity contribution in [3.05, 3.63) is 41.9 Å². The summed E-state index contributed by atoms with van der Waals surface area (Å²) in [5.74, 6) is -0.720. The number of amides is 3. The lowest BCUT2D eigenvalue weighted by Gasteiger charge is -2.15. The molecule has 0 radical (unpaired) electrons. The Labute approximate surface area is 162 Å². The van der Waals surface area contributed by atoms with Gasteiger partial charge in [-0.3, -0.25) is 14.4 Å². The third-order valence-electron chi connectivity index (χ3n) is 3.62. The number of hydrogen-bond donors (Lipinski definition) is 3. The van der Waals surface area contributed by atoms with E-state index in [4.69, 9.17) is 13.9 Å². The smallest absolute Gasteiger partial charge is 0.291 e. The maximum Gasteiger partial charge on any atom is 0.291 e. The van der Waals surface area contributed by atoms with Crippen LogP contribution in [-0.4, -0.2) is 44.5 Å². The standard InChI is InChI=1S/C19H23N3O6/c1-11(2)21-17(23)10-20-18(24)12-8-15(26-3)16(27-4)9-13(12)22-19(25)14-6-5-7-28-14/h5-9,11H,10H2,1-4H3,(H,20,24)(H,21,23)(H,22,25). The molecule has 0 saturated carbocycles. The van der Waals surface area contributed by atoms with E-state index in [0.717, 1.165) is 0 Å². The largest absolute Gasteiger partial charge is 0.493 e. The van der Waals surface area contributed by atoms with Gasteiger partial charge in [0.2, 0.25) is 5.91 Å². The second-order valence-electron chi connectivity index (χ2n) is 6.09. The first kappa shape index (κ1) is 20.8. The number of hydrogen-bond acceptors (Lipinski definition) is 6. The Morgan fingerprint density at radius 2 is 1.75 bits per heavy atom. The van der Waals surface area contributed by atoms with Gasteiger partial charge in [-0.05, 0) is 32.0 Å². The molecule has 0 spiro atoms. The quantitative estimate of drug-likeness (QED) is 0.633. The summed E-state index contributed by atoms with van der Waals surface area (Å²) in [5, 5.41) is 7.80. The Hall–Kier alpha value is -3.49. The van der Waals surface area contributed by atoms with Crippen LogP contribution in [0.2, 0.25) is 0 Å². The van der Waals surface area contributed by atoms with Crippen LogP contribution >= 0.6 is 0 Å². The fraction of sp³-hybridized carbons (Fsp3) is 0.316. The van der Waals surface area contributed by atoms with E-state index in [1.54, 1.807) is 6.07 Å². The minimum atomic E-state index is -0.561. The fourth-order valence-electron chi connectivity index (χ4n) is 2.39. The SMILES string of the molecule is COc1cc(NC(=O)c2ccco2)c(C(=O)NCC(=O)NC(C)C)cc1OC. The van der Waals surface area contributed by atoms with E-state index in [9.17, 15) is 14.4 Å². The summed E-state index contributed by atoms with van der Waals surface area (Å²) in [7, 11) is 2.86. The van der Waals surface area contributed by atoms with Crippen molar-refractivity contribution in [3.63, 3.8) is 0 Å². The van der Waals surface area contributed by atoms with Gasteiger partial charge in [0.05, 0.1) is 38.3 Å². The molecule has 9 heteroatoms. The van der Waals surface area contributed by atoms with Crippen molar-refractivity contribution in [2.45, 2.75) is 19.9 Å². The van der Waals surface area contributed by atoms with E-state index in [0.29, 0.717) is 11.5 Å². The summed E-state index contributed by atoms with van der Waals surface area (Å²) in [4.78, 5) is 36.7. The van der Waals surface area contributed by atoms with Crippen molar-refractivity contribution < 1.29 is 28.3 Å². The molecule has 0 unspecified atom stereocenters. The molecule has 3 amide bonds. The van der Waals surface area contributed by atoms with Crippen molar-refractivity contribution in [2.24, 2.45) is 0 Å². The minimum absolute atomic E-state index is 0.0476. The molecule has 1 heterocycles. The van der Waals surface area contributed by atoms with Crippen LogP contribution in [0, 0.1) is 0 Å². The first-order valence-electron chi connectivity index (χ1n) is 8.54. The van der Waals surface area contributed by atoms with Gasteiger partial charge >= 0.3 is 0 Å². The number of rotatable bonds is 8. The van der Waals surface area contributed by atoms with Gasteiger partial charge in [0.1, 0.15) is 0 Å². The lowest BCUT2D eigenvalue weighted by molar-refractivity contribution is -0.120. The molecule has 2 aromatic rings. The number of benzene rings is 1. The third-order valence-corrected chi connectivity index (χ3v) is 3.62. The molecular formula is C19H23N3O6. The zero-order valence-corrected chi connectivity index (χ0v) is 16.1. The second kappa shape index (κ2) is 9.45. The van der Waals surface area contributed by atoms with Gasteiger partial charge in [0.15, 0.2) is 17.3 Å². The lowest BCUT2D eigenvalue weighted by atomic mass is 10.1. The second-order valence-corrected chi connectivity index (χ2v) is 6.09. The van der Waals surface area contributed by atoms with Crippen molar-refractivity contribution in [3.8, 4) is 11.5 Å². The zero-order chi connectivity index (χ0) is 20.7. The molecule has 0 bridgehead atoms. The first-order valence-corrected chi connectivity index (χ1v) is 8.54. The third kappa shape index (κ3) is 5.26. The molecule has 3 N–H and O–H groups in total. The van der Waals surface area contributed by atoms with Gasteiger partial charge < -0.3 is 29.8 Å². The van der Waals surface area contributed by atoms with Crippen LogP contribution in [0.1, 0.15) is 34.8 Å². The average Bonchev–Trinajstić information content (AvgIpc) is 3.20. The predicted octanol–water partition coefficient (Wildman–Crippen LogP) is 1.80. The topological polar surface area (TPSA) is 119 Å². The van der Waals surface area contributed by atoms with Crippen LogP contribution in [0.3, 0.4) is 0 Å². The molecular weight excluding hydrogens is 366 g/mol. The fourth-order valence-corrected chi connectivity index (χ4v) is 2.39. The summed E-state index contributed by atoms with van der Waals surface area (Å²) in [6, 6.07) is 5.90. The summed E-state index contributed by atoms with van der Waals surface area (Å²) in [6.07, 6.45) is 1.37. The monoisotopic (exact) mass is 389 g/mol. The molecule has 150 valence electrons. The zero-order valence-electron chi connectivity index (χ0n) is 16.1. The van der Waals surface area contributed by atoms with Crippen molar-refractivity contribution in [1.29, 1.82) is 0 Å². The van der Waals surface area contributed by atoms with Gasteiger partial charge in [0, 0.05) is 12.1 Å². The highest BCUT2D eigenvalue weighted by molar-refractivity contribution is 6.08. The van der Waals surface area contributed by atoms with Crippen LogP contribution in [0.5, 0.6) is 11.5 Å². The number of ether oxygens (including phenoxy) is 2. The molecule has 0 fully saturated rings. The van der Waals surface area contributed by atoms with E-state index < -0.39 is 11.8 Å². The summed E-state index contributed by atoms with van der Waals surface area (Å²) in [6.45, 7) is 3.42. The van der Waals surface area contributed by atoms with Crippen molar-refractivity contribution in [2.75, 3.05) is 26.1 Å². The number of carbonyl (C=O) groups is 3. The van der Waals surface area contributed by atoms with Gasteiger partial charge in [-0.25, -0.2) is 0 Å². The van der Waals surface area contributed by atoms with E-state index >= 15 is 0 Å². The number of anilines is 1. The summed E-state index contributed by atoms with van der Waals surface area (Å²) in [5.41, 5.74) is 0.288. The Morgan fingerprint density at radius 3 is 2.32 bits per heavy atom. The normalized spacial score (nSPS) is 10.3. The molecule has 1 aromatic carbocycles. The molecule has 0 aliphatic carbocycles. The maximum atomic E-state index is 12.6.